The molecule has 1 N–H and O–H groups in total. The molecule has 0 saturated carbocycles. The van der Waals surface area contributed by atoms with Crippen molar-refractivity contribution in [3.8, 4) is 0 Å². The largest absolute Gasteiger partial charge is 0.507 e. The number of nitrogens with zero attached hydrogens (tertiary/aromatic N) is 3. The van der Waals surface area contributed by atoms with Gasteiger partial charge in [-0.2, -0.15) is 0 Å². The first-order valence-electron chi connectivity index (χ1n) is 11.8. The van der Waals surface area contributed by atoms with E-state index < -0.39 is 17.7 Å². The van der Waals surface area contributed by atoms with Crippen LogP contribution >= 0.6 is 23.1 Å². The lowest BCUT2D eigenvalue weighted by molar-refractivity contribution is -0.132. The summed E-state index contributed by atoms with van der Waals surface area (Å²) in [6, 6.07) is 22.4. The highest BCUT2D eigenvalue weighted by Crippen LogP contribution is 2.44. The maximum absolute atomic E-state index is 13.4. The highest BCUT2D eigenvalue weighted by molar-refractivity contribution is 8.00. The SMILES string of the molecule is Cc1ccc(CSc2nnc(N3C(=O)C(=O)/C(=C(/O)c4cc(C)ccc4C)C3c3ccccc3)s2)cc1. The van der Waals surface area contributed by atoms with Crippen molar-refractivity contribution in [1.82, 2.24) is 10.2 Å². The number of aryl methyl sites for hydroxylation is 3. The van der Waals surface area contributed by atoms with Crippen molar-refractivity contribution in [1.29, 1.82) is 0 Å². The Labute approximate surface area is 223 Å². The number of aliphatic hydroxyl groups is 1. The van der Waals surface area contributed by atoms with Gasteiger partial charge < -0.3 is 5.11 Å². The number of thioether (sulfide) groups is 1. The van der Waals surface area contributed by atoms with Gasteiger partial charge in [0.2, 0.25) is 5.13 Å². The molecule has 1 amide bonds. The van der Waals surface area contributed by atoms with Crippen LogP contribution in [0, 0.1) is 20.8 Å². The molecule has 4 aromatic rings. The van der Waals surface area contributed by atoms with Crippen LogP contribution < -0.4 is 4.90 Å². The summed E-state index contributed by atoms with van der Waals surface area (Å²) in [5, 5.41) is 20.3. The molecule has 37 heavy (non-hydrogen) atoms. The van der Waals surface area contributed by atoms with Crippen molar-refractivity contribution in [2.45, 2.75) is 36.9 Å². The monoisotopic (exact) mass is 527 g/mol. The molecule has 0 bridgehead atoms. The molecule has 1 aliphatic heterocycles. The van der Waals surface area contributed by atoms with Crippen LogP contribution in [0.1, 0.15) is 39.4 Å². The fourth-order valence-corrected chi connectivity index (χ4v) is 6.13. The highest BCUT2D eigenvalue weighted by Gasteiger charge is 2.48. The van der Waals surface area contributed by atoms with E-state index in [0.717, 1.165) is 16.7 Å². The second-order valence-corrected chi connectivity index (χ2v) is 11.2. The molecule has 6 nitrogen and oxygen atoms in total. The zero-order valence-electron chi connectivity index (χ0n) is 20.6. The normalized spacial score (nSPS) is 16.9. The highest BCUT2D eigenvalue weighted by atomic mass is 32.2. The summed E-state index contributed by atoms with van der Waals surface area (Å²) < 4.78 is 0.693. The molecule has 0 radical (unpaired) electrons. The maximum Gasteiger partial charge on any atom is 0.301 e. The van der Waals surface area contributed by atoms with Crippen LogP contribution in [-0.4, -0.2) is 27.0 Å². The lowest BCUT2D eigenvalue weighted by atomic mass is 9.93. The number of ketones is 1. The van der Waals surface area contributed by atoms with E-state index in [1.165, 1.54) is 33.6 Å². The van der Waals surface area contributed by atoms with Crippen LogP contribution in [0.15, 0.2) is 82.7 Å². The molecule has 5 rings (SSSR count). The first-order chi connectivity index (χ1) is 17.8. The van der Waals surface area contributed by atoms with E-state index in [-0.39, 0.29) is 11.3 Å². The molecular weight excluding hydrogens is 502 g/mol. The van der Waals surface area contributed by atoms with Gasteiger partial charge in [0.05, 0.1) is 11.6 Å². The number of Topliss-reactive ketones (excluding diaryl/α,β-unsaturated/α-hetero) is 1. The van der Waals surface area contributed by atoms with Gasteiger partial charge in [0.25, 0.3) is 5.78 Å². The van der Waals surface area contributed by atoms with E-state index in [4.69, 9.17) is 0 Å². The molecule has 186 valence electrons. The van der Waals surface area contributed by atoms with Gasteiger partial charge in [0, 0.05) is 11.3 Å². The Morgan fingerprint density at radius 2 is 1.65 bits per heavy atom. The Hall–Kier alpha value is -3.75. The predicted octanol–water partition coefficient (Wildman–Crippen LogP) is 6.38. The Kier molecular flexibility index (Phi) is 6.95. The van der Waals surface area contributed by atoms with Gasteiger partial charge in [0.15, 0.2) is 4.34 Å². The number of benzene rings is 3. The zero-order chi connectivity index (χ0) is 26.1. The fraction of sp³-hybridized carbons (Fsp3) is 0.172. The lowest BCUT2D eigenvalue weighted by Crippen LogP contribution is -2.29. The van der Waals surface area contributed by atoms with Crippen LogP contribution in [0.25, 0.3) is 5.76 Å². The van der Waals surface area contributed by atoms with Crippen molar-refractivity contribution >= 4 is 45.7 Å². The van der Waals surface area contributed by atoms with Gasteiger partial charge >= 0.3 is 5.91 Å². The number of anilines is 1. The van der Waals surface area contributed by atoms with E-state index >= 15 is 0 Å². The van der Waals surface area contributed by atoms with Crippen molar-refractivity contribution in [2.24, 2.45) is 0 Å². The summed E-state index contributed by atoms with van der Waals surface area (Å²) in [6.45, 7) is 5.83. The summed E-state index contributed by atoms with van der Waals surface area (Å²) >= 11 is 2.79. The first-order valence-corrected chi connectivity index (χ1v) is 13.6. The Morgan fingerprint density at radius 1 is 0.946 bits per heavy atom. The molecule has 1 aliphatic rings. The quantitative estimate of drug-likeness (QED) is 0.103. The van der Waals surface area contributed by atoms with Gasteiger partial charge in [0.1, 0.15) is 5.76 Å². The summed E-state index contributed by atoms with van der Waals surface area (Å²) in [6.07, 6.45) is 0. The molecule has 3 aromatic carbocycles. The maximum atomic E-state index is 13.4. The van der Waals surface area contributed by atoms with Gasteiger partial charge in [-0.15, -0.1) is 10.2 Å². The van der Waals surface area contributed by atoms with Crippen molar-refractivity contribution in [3.05, 3.63) is 112 Å². The second kappa shape index (κ2) is 10.3. The van der Waals surface area contributed by atoms with E-state index in [2.05, 4.69) is 34.5 Å². The summed E-state index contributed by atoms with van der Waals surface area (Å²) in [5.41, 5.74) is 5.40. The minimum absolute atomic E-state index is 0.0500. The number of aliphatic hydroxyl groups excluding tert-OH is 1. The topological polar surface area (TPSA) is 83.4 Å². The van der Waals surface area contributed by atoms with Crippen LogP contribution in [0.5, 0.6) is 0 Å². The summed E-state index contributed by atoms with van der Waals surface area (Å²) in [7, 11) is 0. The third-order valence-corrected chi connectivity index (χ3v) is 8.42. The fourth-order valence-electron chi connectivity index (χ4n) is 4.30. The molecule has 2 heterocycles. The number of carbonyl (C=O) groups excluding carboxylic acids is 2. The molecule has 1 saturated heterocycles. The molecule has 8 heteroatoms. The van der Waals surface area contributed by atoms with Crippen LogP contribution in [0.4, 0.5) is 5.13 Å². The third-order valence-electron chi connectivity index (χ3n) is 6.29. The minimum atomic E-state index is -0.816. The molecule has 0 aliphatic carbocycles. The summed E-state index contributed by atoms with van der Waals surface area (Å²) in [5.74, 6) is -0.944. The van der Waals surface area contributed by atoms with Crippen LogP contribution in [0.2, 0.25) is 0 Å². The predicted molar refractivity (Wildman–Crippen MR) is 148 cm³/mol. The number of amides is 1. The number of hydrogen-bond acceptors (Lipinski definition) is 7. The van der Waals surface area contributed by atoms with Gasteiger partial charge in [-0.1, -0.05) is 101 Å². The first kappa shape index (κ1) is 24.9. The van der Waals surface area contributed by atoms with Crippen molar-refractivity contribution < 1.29 is 14.7 Å². The van der Waals surface area contributed by atoms with Crippen LogP contribution in [-0.2, 0) is 15.3 Å². The van der Waals surface area contributed by atoms with Crippen molar-refractivity contribution in [3.63, 3.8) is 0 Å². The summed E-state index contributed by atoms with van der Waals surface area (Å²) in [4.78, 5) is 28.1. The average Bonchev–Trinajstić information content (AvgIpc) is 3.47. The molecule has 1 aromatic heterocycles. The molecule has 1 fully saturated rings. The Balaban J connectivity index is 1.54. The zero-order valence-corrected chi connectivity index (χ0v) is 22.3. The number of hydrogen-bond donors (Lipinski definition) is 1. The Bertz CT molecular complexity index is 1510. The molecule has 0 spiro atoms. The van der Waals surface area contributed by atoms with Gasteiger partial charge in [-0.3, -0.25) is 14.5 Å². The number of carbonyl (C=O) groups is 2. The molecule has 1 unspecified atom stereocenters. The van der Waals surface area contributed by atoms with Crippen molar-refractivity contribution in [2.75, 3.05) is 4.90 Å². The van der Waals surface area contributed by atoms with E-state index in [9.17, 15) is 14.7 Å². The smallest absolute Gasteiger partial charge is 0.301 e. The number of rotatable bonds is 6. The van der Waals surface area contributed by atoms with E-state index in [0.29, 0.717) is 26.4 Å². The minimum Gasteiger partial charge on any atom is -0.507 e. The Morgan fingerprint density at radius 3 is 2.38 bits per heavy atom. The lowest BCUT2D eigenvalue weighted by Gasteiger charge is -2.22. The van der Waals surface area contributed by atoms with E-state index in [1.807, 2.05) is 69.3 Å². The standard InChI is InChI=1S/C29H25N3O3S2/c1-17-10-13-20(14-11-17)16-36-29-31-30-28(37-29)32-24(21-7-5-4-6-8-21)23(26(34)27(32)35)25(33)22-15-18(2)9-12-19(22)3/h4-15,24,33H,16H2,1-3H3/b25-23+. The number of aromatic nitrogens is 2. The second-order valence-electron chi connectivity index (χ2n) is 9.02. The third kappa shape index (κ3) is 4.95. The molecule has 1 atom stereocenters. The van der Waals surface area contributed by atoms with Gasteiger partial charge in [-0.25, -0.2) is 0 Å². The van der Waals surface area contributed by atoms with Crippen LogP contribution in [0.3, 0.4) is 0 Å². The average molecular weight is 528 g/mol. The molecular formula is C29H25N3O3S2. The van der Waals surface area contributed by atoms with Gasteiger partial charge in [-0.05, 0) is 43.5 Å². The van der Waals surface area contributed by atoms with E-state index in [1.54, 1.807) is 0 Å².